The van der Waals surface area contributed by atoms with E-state index in [9.17, 15) is 14.9 Å². The Bertz CT molecular complexity index is 1360. The molecule has 0 saturated heterocycles. The van der Waals surface area contributed by atoms with E-state index in [0.717, 1.165) is 0 Å². The molecule has 1 N–H and O–H groups in total. The number of aromatic nitrogens is 1. The Morgan fingerprint density at radius 3 is 2.81 bits per heavy atom. The van der Waals surface area contributed by atoms with E-state index in [4.69, 9.17) is 20.8 Å². The molecule has 9 heteroatoms. The first kappa shape index (κ1) is 21.1. The fourth-order valence-corrected chi connectivity index (χ4v) is 3.20. The monoisotopic (exact) mass is 449 g/mol. The van der Waals surface area contributed by atoms with E-state index >= 15 is 0 Å². The summed E-state index contributed by atoms with van der Waals surface area (Å²) in [6.07, 6.45) is 2.75. The summed E-state index contributed by atoms with van der Waals surface area (Å²) in [6.45, 7) is 0. The lowest BCUT2D eigenvalue weighted by Crippen LogP contribution is -2.07. The van der Waals surface area contributed by atoms with E-state index in [1.807, 2.05) is 6.07 Å². The van der Waals surface area contributed by atoms with Crippen LogP contribution in [0, 0.1) is 10.1 Å². The first-order valence-electron chi connectivity index (χ1n) is 9.41. The summed E-state index contributed by atoms with van der Waals surface area (Å²) in [5.41, 5.74) is 2.77. The van der Waals surface area contributed by atoms with Gasteiger partial charge in [0.15, 0.2) is 5.58 Å². The second-order valence-electron chi connectivity index (χ2n) is 6.72. The van der Waals surface area contributed by atoms with Gasteiger partial charge in [-0.2, -0.15) is 0 Å². The van der Waals surface area contributed by atoms with Crippen molar-refractivity contribution >= 4 is 46.1 Å². The number of hydrogen-bond acceptors (Lipinski definition) is 6. The molecule has 160 valence electrons. The number of carbonyl (C=O) groups is 1. The molecule has 0 bridgehead atoms. The molecule has 1 amide bonds. The second kappa shape index (κ2) is 8.91. The number of methoxy groups -OCH3 is 1. The van der Waals surface area contributed by atoms with Crippen LogP contribution >= 0.6 is 11.6 Å². The first-order valence-corrected chi connectivity index (χ1v) is 9.79. The van der Waals surface area contributed by atoms with Gasteiger partial charge in [0.05, 0.1) is 12.0 Å². The molecule has 0 aliphatic heterocycles. The van der Waals surface area contributed by atoms with Gasteiger partial charge in [-0.15, -0.1) is 0 Å². The molecule has 0 radical (unpaired) electrons. The minimum Gasteiger partial charge on any atom is -0.497 e. The number of nitro groups is 1. The SMILES string of the molecule is COc1ccc2oc(-c3cccc(NC(=O)C=Cc4ccc(Cl)c([N+](=O)[O-])c4)c3)nc2c1. The van der Waals surface area contributed by atoms with Crippen LogP contribution in [0.4, 0.5) is 11.4 Å². The highest BCUT2D eigenvalue weighted by atomic mass is 35.5. The van der Waals surface area contributed by atoms with Gasteiger partial charge in [-0.1, -0.05) is 23.7 Å². The highest BCUT2D eigenvalue weighted by Crippen LogP contribution is 2.28. The minimum atomic E-state index is -0.576. The van der Waals surface area contributed by atoms with Crippen LogP contribution in [0.25, 0.3) is 28.6 Å². The predicted molar refractivity (Wildman–Crippen MR) is 122 cm³/mol. The molecule has 3 aromatic carbocycles. The number of nitrogens with zero attached hydrogens (tertiary/aromatic N) is 2. The summed E-state index contributed by atoms with van der Waals surface area (Å²) < 4.78 is 11.0. The molecule has 8 nitrogen and oxygen atoms in total. The van der Waals surface area contributed by atoms with Gasteiger partial charge in [0.1, 0.15) is 16.3 Å². The van der Waals surface area contributed by atoms with E-state index in [-0.39, 0.29) is 10.7 Å². The van der Waals surface area contributed by atoms with Crippen LogP contribution in [0.15, 0.2) is 71.2 Å². The molecule has 0 aliphatic rings. The van der Waals surface area contributed by atoms with Crippen LogP contribution in [-0.2, 0) is 4.79 Å². The van der Waals surface area contributed by atoms with Crippen molar-refractivity contribution in [2.24, 2.45) is 0 Å². The topological polar surface area (TPSA) is 108 Å². The van der Waals surface area contributed by atoms with Crippen molar-refractivity contribution in [2.45, 2.75) is 0 Å². The van der Waals surface area contributed by atoms with Gasteiger partial charge in [-0.3, -0.25) is 14.9 Å². The van der Waals surface area contributed by atoms with Crippen LogP contribution in [0.5, 0.6) is 5.75 Å². The number of fused-ring (bicyclic) bond motifs is 1. The maximum atomic E-state index is 12.3. The fraction of sp³-hybridized carbons (Fsp3) is 0.0435. The zero-order chi connectivity index (χ0) is 22.7. The van der Waals surface area contributed by atoms with Gasteiger partial charge in [0.2, 0.25) is 11.8 Å². The van der Waals surface area contributed by atoms with Crippen LogP contribution in [-0.4, -0.2) is 22.9 Å². The van der Waals surface area contributed by atoms with E-state index in [1.54, 1.807) is 49.6 Å². The number of oxazole rings is 1. The van der Waals surface area contributed by atoms with E-state index in [2.05, 4.69) is 10.3 Å². The van der Waals surface area contributed by atoms with Gasteiger partial charge in [0.25, 0.3) is 5.69 Å². The van der Waals surface area contributed by atoms with Crippen molar-refractivity contribution < 1.29 is 18.9 Å². The Balaban J connectivity index is 1.50. The summed E-state index contributed by atoms with van der Waals surface area (Å²) in [6, 6.07) is 16.7. The van der Waals surface area contributed by atoms with Gasteiger partial charge < -0.3 is 14.5 Å². The van der Waals surface area contributed by atoms with E-state index < -0.39 is 10.8 Å². The average Bonchev–Trinajstić information content (AvgIpc) is 3.22. The van der Waals surface area contributed by atoms with Crippen molar-refractivity contribution in [3.63, 3.8) is 0 Å². The Hall–Kier alpha value is -4.17. The lowest BCUT2D eigenvalue weighted by Gasteiger charge is -2.04. The average molecular weight is 450 g/mol. The number of ether oxygens (including phenoxy) is 1. The van der Waals surface area contributed by atoms with Crippen molar-refractivity contribution in [2.75, 3.05) is 12.4 Å². The quantitative estimate of drug-likeness (QED) is 0.229. The zero-order valence-electron chi connectivity index (χ0n) is 16.7. The number of hydrogen-bond donors (Lipinski definition) is 1. The van der Waals surface area contributed by atoms with E-state index in [0.29, 0.717) is 39.6 Å². The molecule has 0 aliphatic carbocycles. The number of carbonyl (C=O) groups excluding carboxylic acids is 1. The Morgan fingerprint density at radius 2 is 2.03 bits per heavy atom. The number of nitrogens with one attached hydrogen (secondary N) is 1. The van der Waals surface area contributed by atoms with Crippen molar-refractivity contribution in [3.05, 3.63) is 87.4 Å². The normalized spacial score (nSPS) is 11.1. The molecule has 1 heterocycles. The van der Waals surface area contributed by atoms with Gasteiger partial charge in [-0.05, 0) is 48.0 Å². The van der Waals surface area contributed by atoms with Crippen LogP contribution in [0.3, 0.4) is 0 Å². The maximum Gasteiger partial charge on any atom is 0.288 e. The van der Waals surface area contributed by atoms with Crippen molar-refractivity contribution in [1.29, 1.82) is 0 Å². The standard InChI is InChI=1S/C23H16ClN3O5/c1-31-17-7-9-21-19(13-17)26-23(32-21)15-3-2-4-16(12-15)25-22(28)10-6-14-5-8-18(24)20(11-14)27(29)30/h2-13H,1H3,(H,25,28). The Morgan fingerprint density at radius 1 is 1.19 bits per heavy atom. The maximum absolute atomic E-state index is 12.3. The van der Waals surface area contributed by atoms with Crippen molar-refractivity contribution in [1.82, 2.24) is 4.98 Å². The number of benzene rings is 3. The zero-order valence-corrected chi connectivity index (χ0v) is 17.5. The smallest absolute Gasteiger partial charge is 0.288 e. The number of anilines is 1. The molecule has 4 aromatic rings. The molecule has 0 spiro atoms. The summed E-state index contributed by atoms with van der Waals surface area (Å²) in [5, 5.41) is 13.8. The van der Waals surface area contributed by atoms with Gasteiger partial charge in [0, 0.05) is 29.5 Å². The molecule has 0 saturated carbocycles. The molecule has 4 rings (SSSR count). The van der Waals surface area contributed by atoms with Crippen LogP contribution < -0.4 is 10.1 Å². The minimum absolute atomic E-state index is 0.0334. The molecular formula is C23H16ClN3O5. The summed E-state index contributed by atoms with van der Waals surface area (Å²) in [5.74, 6) is 0.687. The predicted octanol–water partition coefficient (Wildman–Crippen LogP) is 5.72. The van der Waals surface area contributed by atoms with Crippen LogP contribution in [0.1, 0.15) is 5.56 Å². The van der Waals surface area contributed by atoms with E-state index in [1.165, 1.54) is 24.3 Å². The third-order valence-corrected chi connectivity index (χ3v) is 4.89. The van der Waals surface area contributed by atoms with Crippen LogP contribution in [0.2, 0.25) is 5.02 Å². The van der Waals surface area contributed by atoms with Crippen molar-refractivity contribution in [3.8, 4) is 17.2 Å². The number of amides is 1. The third kappa shape index (κ3) is 4.60. The van der Waals surface area contributed by atoms with Gasteiger partial charge in [-0.25, -0.2) is 4.98 Å². The number of nitro benzene ring substituents is 1. The Kier molecular flexibility index (Phi) is 5.87. The summed E-state index contributed by atoms with van der Waals surface area (Å²) in [7, 11) is 1.58. The largest absolute Gasteiger partial charge is 0.497 e. The number of halogens is 1. The van der Waals surface area contributed by atoms with Gasteiger partial charge >= 0.3 is 0 Å². The molecule has 0 unspecified atom stereocenters. The highest BCUT2D eigenvalue weighted by Gasteiger charge is 2.12. The summed E-state index contributed by atoms with van der Waals surface area (Å²) in [4.78, 5) is 27.2. The fourth-order valence-electron chi connectivity index (χ4n) is 3.02. The number of rotatable bonds is 6. The third-order valence-electron chi connectivity index (χ3n) is 4.57. The molecule has 32 heavy (non-hydrogen) atoms. The lowest BCUT2D eigenvalue weighted by molar-refractivity contribution is -0.384. The first-order chi connectivity index (χ1) is 15.4. The Labute approximate surface area is 187 Å². The second-order valence-corrected chi connectivity index (χ2v) is 7.13. The molecule has 0 atom stereocenters. The molecule has 1 aromatic heterocycles. The molecule has 0 fully saturated rings. The highest BCUT2D eigenvalue weighted by molar-refractivity contribution is 6.32. The molecular weight excluding hydrogens is 434 g/mol. The summed E-state index contributed by atoms with van der Waals surface area (Å²) >= 11 is 5.80. The lowest BCUT2D eigenvalue weighted by atomic mass is 10.2.